The molecule has 1 saturated carbocycles. The van der Waals surface area contributed by atoms with Gasteiger partial charge in [0.15, 0.2) is 11.6 Å². The third-order valence-electron chi connectivity index (χ3n) is 6.73. The van der Waals surface area contributed by atoms with Crippen molar-refractivity contribution in [2.45, 2.75) is 71.4 Å². The van der Waals surface area contributed by atoms with Gasteiger partial charge >= 0.3 is 12.1 Å². The number of hydrogen-bond donors (Lipinski definition) is 3. The van der Waals surface area contributed by atoms with Crippen LogP contribution in [0.1, 0.15) is 76.2 Å². The fraction of sp³-hybridized carbons (Fsp3) is 0.517. The number of nitrogens with two attached hydrogens (primary N) is 1. The van der Waals surface area contributed by atoms with Crippen molar-refractivity contribution in [1.82, 2.24) is 9.88 Å². The lowest BCUT2D eigenvalue weighted by Gasteiger charge is -2.33. The van der Waals surface area contributed by atoms with Crippen LogP contribution in [0.15, 0.2) is 28.5 Å². The van der Waals surface area contributed by atoms with Crippen molar-refractivity contribution in [3.63, 3.8) is 0 Å². The first-order valence-electron chi connectivity index (χ1n) is 13.7. The molecule has 4 N–H and O–H groups in total. The van der Waals surface area contributed by atoms with Crippen LogP contribution >= 0.6 is 0 Å². The molecule has 4 rings (SSSR count). The minimum absolute atomic E-state index is 0.00940. The van der Waals surface area contributed by atoms with Gasteiger partial charge in [-0.3, -0.25) is 9.59 Å². The number of anilines is 1. The van der Waals surface area contributed by atoms with Gasteiger partial charge in [-0.2, -0.15) is 0 Å². The number of aromatic nitrogens is 1. The number of fused-ring (bicyclic) bond motifs is 1. The molecule has 1 aromatic heterocycles. The number of nitrogens with one attached hydrogen (secondary N) is 1. The van der Waals surface area contributed by atoms with Crippen molar-refractivity contribution in [2.75, 3.05) is 31.6 Å². The number of methoxy groups -OCH3 is 1. The Balaban J connectivity index is 0.000000531. The quantitative estimate of drug-likeness (QED) is 0.427. The fourth-order valence-electron chi connectivity index (χ4n) is 4.74. The maximum absolute atomic E-state index is 15.5. The van der Waals surface area contributed by atoms with Gasteiger partial charge in [0.1, 0.15) is 22.7 Å². The summed E-state index contributed by atoms with van der Waals surface area (Å²) in [7, 11) is 1.37. The van der Waals surface area contributed by atoms with Gasteiger partial charge in [-0.15, -0.1) is 0 Å². The minimum Gasteiger partial charge on any atom is -0.492 e. The van der Waals surface area contributed by atoms with Gasteiger partial charge in [-0.25, -0.2) is 18.4 Å². The molecule has 2 heterocycles. The number of rotatable bonds is 7. The molecule has 11 nitrogen and oxygen atoms in total. The Morgan fingerprint density at radius 2 is 1.90 bits per heavy atom. The summed E-state index contributed by atoms with van der Waals surface area (Å²) in [5.74, 6) is -2.71. The molecule has 230 valence electrons. The summed E-state index contributed by atoms with van der Waals surface area (Å²) in [5, 5.41) is 11.9. The van der Waals surface area contributed by atoms with Crippen LogP contribution in [0, 0.1) is 5.82 Å². The SMILES string of the molecule is CC(C)(C)OC(N)=O.CCC(=O)NC/C(F)=C1/CCCN(c2c(F)cc3c(=O)c(C(=O)O)cn(C4CC4)c3c2OC)C1. The molecule has 2 aromatic rings. The smallest absolute Gasteiger partial charge is 0.405 e. The van der Waals surface area contributed by atoms with Crippen molar-refractivity contribution < 1.29 is 37.7 Å². The zero-order valence-corrected chi connectivity index (χ0v) is 24.5. The number of carbonyl (C=O) groups excluding carboxylic acids is 2. The number of carbonyl (C=O) groups is 3. The van der Waals surface area contributed by atoms with E-state index < -0.39 is 40.3 Å². The van der Waals surface area contributed by atoms with Crippen LogP contribution in [-0.4, -0.2) is 60.0 Å². The predicted molar refractivity (Wildman–Crippen MR) is 153 cm³/mol. The number of pyridine rings is 1. The fourth-order valence-corrected chi connectivity index (χ4v) is 4.74. The first-order valence-corrected chi connectivity index (χ1v) is 13.7. The zero-order valence-electron chi connectivity index (χ0n) is 24.5. The van der Waals surface area contributed by atoms with Crippen LogP contribution < -0.4 is 26.1 Å². The number of piperidine rings is 1. The Kier molecular flexibility index (Phi) is 10.2. The van der Waals surface area contributed by atoms with E-state index in [0.29, 0.717) is 30.5 Å². The number of aromatic carboxylic acids is 1. The Hall–Kier alpha value is -4.16. The third kappa shape index (κ3) is 7.77. The number of ether oxygens (including phenoxy) is 2. The van der Waals surface area contributed by atoms with E-state index in [-0.39, 0.29) is 48.3 Å². The lowest BCUT2D eigenvalue weighted by molar-refractivity contribution is -0.120. The minimum atomic E-state index is -1.37. The van der Waals surface area contributed by atoms with Gasteiger partial charge in [0, 0.05) is 31.7 Å². The molecule has 0 bridgehead atoms. The van der Waals surface area contributed by atoms with E-state index >= 15 is 4.39 Å². The molecule has 2 amide bonds. The van der Waals surface area contributed by atoms with E-state index in [4.69, 9.17) is 10.5 Å². The third-order valence-corrected chi connectivity index (χ3v) is 6.73. The Labute approximate surface area is 242 Å². The summed E-state index contributed by atoms with van der Waals surface area (Å²) in [6.07, 6.45) is 3.48. The average molecular weight is 593 g/mol. The molecule has 0 unspecified atom stereocenters. The normalized spacial score (nSPS) is 16.3. The zero-order chi connectivity index (χ0) is 31.4. The molecule has 2 fully saturated rings. The topological polar surface area (TPSA) is 153 Å². The second kappa shape index (κ2) is 13.2. The first kappa shape index (κ1) is 32.4. The lowest BCUT2D eigenvalue weighted by atomic mass is 10.0. The molecule has 13 heteroatoms. The summed E-state index contributed by atoms with van der Waals surface area (Å²) < 4.78 is 42.1. The van der Waals surface area contributed by atoms with E-state index in [1.807, 2.05) is 0 Å². The molecule has 1 aromatic carbocycles. The number of nitrogens with zero attached hydrogens (tertiary/aromatic N) is 2. The molecule has 0 atom stereocenters. The first-order chi connectivity index (χ1) is 19.7. The highest BCUT2D eigenvalue weighted by Gasteiger charge is 2.32. The van der Waals surface area contributed by atoms with Crippen molar-refractivity contribution in [3.8, 4) is 5.75 Å². The molecular formula is C29H38F2N4O7. The molecule has 2 aliphatic rings. The highest BCUT2D eigenvalue weighted by atomic mass is 19.1. The Morgan fingerprint density at radius 1 is 1.24 bits per heavy atom. The Morgan fingerprint density at radius 3 is 2.40 bits per heavy atom. The number of primary amides is 1. The summed E-state index contributed by atoms with van der Waals surface area (Å²) in [6, 6.07) is 1.04. The molecular weight excluding hydrogens is 554 g/mol. The van der Waals surface area contributed by atoms with Crippen molar-refractivity contribution >= 4 is 34.6 Å². The molecule has 1 saturated heterocycles. The summed E-state index contributed by atoms with van der Waals surface area (Å²) in [5.41, 5.74) is 3.97. The number of carboxylic acids is 1. The summed E-state index contributed by atoms with van der Waals surface area (Å²) in [6.45, 7) is 7.29. The Bertz CT molecular complexity index is 1460. The standard InChI is InChI=1S/C24H27F2N3O5.C5H11NO2/c1-3-19(30)27-10-18(26)13-5-4-8-28(11-13)21-17(25)9-15-20(23(21)34-2)29(14-6-7-14)12-16(22(15)31)24(32)33;1-5(2,3)8-4(6)7/h9,12,14H,3-8,10-11H2,1-2H3,(H,27,30)(H,32,33);1-3H3,(H2,6,7)/b18-13+;. The van der Waals surface area contributed by atoms with Gasteiger partial charge < -0.3 is 35.1 Å². The van der Waals surface area contributed by atoms with E-state index in [2.05, 4.69) is 10.1 Å². The van der Waals surface area contributed by atoms with Crippen LogP contribution in [0.5, 0.6) is 5.75 Å². The average Bonchev–Trinajstić information content (AvgIpc) is 3.75. The second-order valence-electron chi connectivity index (χ2n) is 11.1. The molecule has 42 heavy (non-hydrogen) atoms. The monoisotopic (exact) mass is 592 g/mol. The number of hydrogen-bond acceptors (Lipinski definition) is 7. The maximum Gasteiger partial charge on any atom is 0.405 e. The van der Waals surface area contributed by atoms with Gasteiger partial charge in [0.25, 0.3) is 0 Å². The maximum atomic E-state index is 15.5. The van der Waals surface area contributed by atoms with Crippen LogP contribution in [0.2, 0.25) is 0 Å². The highest BCUT2D eigenvalue weighted by Crippen LogP contribution is 2.44. The molecule has 0 radical (unpaired) electrons. The number of halogens is 2. The van der Waals surface area contributed by atoms with Crippen molar-refractivity contribution in [2.24, 2.45) is 5.73 Å². The van der Waals surface area contributed by atoms with Crippen molar-refractivity contribution in [3.05, 3.63) is 45.3 Å². The molecule has 0 spiro atoms. The van der Waals surface area contributed by atoms with E-state index in [1.165, 1.54) is 13.3 Å². The molecule has 1 aliphatic carbocycles. The predicted octanol–water partition coefficient (Wildman–Crippen LogP) is 4.41. The lowest BCUT2D eigenvalue weighted by Crippen LogP contribution is -2.34. The van der Waals surface area contributed by atoms with Gasteiger partial charge in [0.05, 0.1) is 24.6 Å². The van der Waals surface area contributed by atoms with E-state index in [9.17, 15) is 28.7 Å². The van der Waals surface area contributed by atoms with Crippen molar-refractivity contribution in [1.29, 1.82) is 0 Å². The second-order valence-corrected chi connectivity index (χ2v) is 11.1. The van der Waals surface area contributed by atoms with Crippen LogP contribution in [0.3, 0.4) is 0 Å². The van der Waals surface area contributed by atoms with Gasteiger partial charge in [-0.05, 0) is 58.1 Å². The van der Waals surface area contributed by atoms with Crippen LogP contribution in [-0.2, 0) is 9.53 Å². The highest BCUT2D eigenvalue weighted by molar-refractivity contribution is 5.97. The van der Waals surface area contributed by atoms with E-state index in [0.717, 1.165) is 18.9 Å². The van der Waals surface area contributed by atoms with Gasteiger partial charge in [0.2, 0.25) is 11.3 Å². The number of benzene rings is 1. The number of carboxylic acid groups (broad SMARTS) is 1. The van der Waals surface area contributed by atoms with Gasteiger partial charge in [-0.1, -0.05) is 6.92 Å². The molecule has 1 aliphatic heterocycles. The number of amides is 2. The van der Waals surface area contributed by atoms with E-state index in [1.54, 1.807) is 37.2 Å². The summed E-state index contributed by atoms with van der Waals surface area (Å²) in [4.78, 5) is 47.6. The summed E-state index contributed by atoms with van der Waals surface area (Å²) >= 11 is 0. The van der Waals surface area contributed by atoms with Crippen LogP contribution in [0.25, 0.3) is 10.9 Å². The largest absolute Gasteiger partial charge is 0.492 e. The van der Waals surface area contributed by atoms with Crippen LogP contribution in [0.4, 0.5) is 19.3 Å².